The number of aromatic nitrogens is 2. The van der Waals surface area contributed by atoms with Crippen molar-refractivity contribution >= 4 is 16.7 Å². The van der Waals surface area contributed by atoms with Gasteiger partial charge in [-0.2, -0.15) is 4.37 Å². The van der Waals surface area contributed by atoms with Crippen LogP contribution >= 0.6 is 11.5 Å². The molecule has 1 aromatic rings. The molecule has 0 unspecified atom stereocenters. The summed E-state index contributed by atoms with van der Waals surface area (Å²) in [6.45, 7) is 4.18. The van der Waals surface area contributed by atoms with Crippen LogP contribution in [0.5, 0.6) is 0 Å². The lowest BCUT2D eigenvalue weighted by Gasteiger charge is -2.30. The lowest BCUT2D eigenvalue weighted by molar-refractivity contribution is 0.443. The van der Waals surface area contributed by atoms with Crippen molar-refractivity contribution in [1.82, 2.24) is 14.7 Å². The summed E-state index contributed by atoms with van der Waals surface area (Å²) in [4.78, 5) is 6.67. The van der Waals surface area contributed by atoms with Gasteiger partial charge in [0.25, 0.3) is 0 Å². The average Bonchev–Trinajstić information content (AvgIpc) is 2.65. The Bertz CT molecular complexity index is 293. The van der Waals surface area contributed by atoms with Gasteiger partial charge in [0.15, 0.2) is 0 Å². The van der Waals surface area contributed by atoms with Gasteiger partial charge in [-0.3, -0.25) is 0 Å². The van der Waals surface area contributed by atoms with E-state index >= 15 is 0 Å². The number of anilines is 1. The Hall–Kier alpha value is -0.680. The van der Waals surface area contributed by atoms with Crippen molar-refractivity contribution in [3.05, 3.63) is 5.82 Å². The molecule has 0 aliphatic carbocycles. The maximum atomic E-state index is 4.40. The number of nitrogens with one attached hydrogen (secondary N) is 1. The molecular weight excluding hydrogens is 196 g/mol. The van der Waals surface area contributed by atoms with Gasteiger partial charge in [0, 0.05) is 24.6 Å². The molecule has 0 amide bonds. The van der Waals surface area contributed by atoms with Crippen LogP contribution in [0.1, 0.15) is 18.7 Å². The van der Waals surface area contributed by atoms with Crippen molar-refractivity contribution in [1.29, 1.82) is 0 Å². The molecule has 1 saturated heterocycles. The normalized spacial score (nSPS) is 18.4. The Morgan fingerprint density at radius 3 is 2.71 bits per heavy atom. The molecule has 14 heavy (non-hydrogen) atoms. The van der Waals surface area contributed by atoms with Gasteiger partial charge in [0.05, 0.1) is 0 Å². The van der Waals surface area contributed by atoms with Crippen molar-refractivity contribution in [2.75, 3.05) is 25.0 Å². The number of aryl methyl sites for hydroxylation is 1. The smallest absolute Gasteiger partial charge is 0.205 e. The summed E-state index contributed by atoms with van der Waals surface area (Å²) in [5, 5.41) is 4.42. The standard InChI is InChI=1S/C9H16N4S/c1-7-11-9(14-12-7)13(2)8-3-5-10-6-4-8/h8,10H,3-6H2,1-2H3. The van der Waals surface area contributed by atoms with E-state index in [0.29, 0.717) is 6.04 Å². The molecule has 0 aromatic carbocycles. The molecule has 78 valence electrons. The summed E-state index contributed by atoms with van der Waals surface area (Å²) in [5.41, 5.74) is 0. The first-order valence-electron chi connectivity index (χ1n) is 5.01. The highest BCUT2D eigenvalue weighted by atomic mass is 32.1. The van der Waals surface area contributed by atoms with Crippen LogP contribution in [-0.2, 0) is 0 Å². The Balaban J connectivity index is 2.03. The minimum Gasteiger partial charge on any atom is -0.347 e. The predicted octanol–water partition coefficient (Wildman–Crippen LogP) is 1.03. The van der Waals surface area contributed by atoms with E-state index in [9.17, 15) is 0 Å². The zero-order valence-electron chi connectivity index (χ0n) is 8.66. The fourth-order valence-corrected chi connectivity index (χ4v) is 2.48. The number of piperidine rings is 1. The molecule has 0 atom stereocenters. The van der Waals surface area contributed by atoms with E-state index in [2.05, 4.69) is 26.6 Å². The molecule has 2 heterocycles. The molecule has 1 aromatic heterocycles. The third-order valence-corrected chi connectivity index (χ3v) is 3.57. The van der Waals surface area contributed by atoms with Crippen LogP contribution in [0.4, 0.5) is 5.13 Å². The van der Waals surface area contributed by atoms with Crippen LogP contribution in [-0.4, -0.2) is 35.5 Å². The molecule has 0 saturated carbocycles. The quantitative estimate of drug-likeness (QED) is 0.795. The second-order valence-corrected chi connectivity index (χ2v) is 4.45. The van der Waals surface area contributed by atoms with Gasteiger partial charge in [-0.05, 0) is 32.9 Å². The summed E-state index contributed by atoms with van der Waals surface area (Å²) < 4.78 is 4.21. The molecule has 0 spiro atoms. The summed E-state index contributed by atoms with van der Waals surface area (Å²) in [7, 11) is 2.12. The lowest BCUT2D eigenvalue weighted by Crippen LogP contribution is -2.41. The van der Waals surface area contributed by atoms with E-state index in [1.54, 1.807) is 0 Å². The molecule has 1 N–H and O–H groups in total. The molecule has 5 heteroatoms. The highest BCUT2D eigenvalue weighted by Crippen LogP contribution is 2.21. The van der Waals surface area contributed by atoms with Crippen molar-refractivity contribution in [3.63, 3.8) is 0 Å². The van der Waals surface area contributed by atoms with Crippen LogP contribution in [0.3, 0.4) is 0 Å². The zero-order chi connectivity index (χ0) is 9.97. The largest absolute Gasteiger partial charge is 0.347 e. The van der Waals surface area contributed by atoms with Gasteiger partial charge >= 0.3 is 0 Å². The average molecular weight is 212 g/mol. The minimum atomic E-state index is 0.628. The van der Waals surface area contributed by atoms with Gasteiger partial charge in [0.1, 0.15) is 5.82 Å². The number of hydrogen-bond donors (Lipinski definition) is 1. The van der Waals surface area contributed by atoms with Crippen molar-refractivity contribution < 1.29 is 0 Å². The van der Waals surface area contributed by atoms with E-state index in [-0.39, 0.29) is 0 Å². The van der Waals surface area contributed by atoms with Crippen LogP contribution in [0, 0.1) is 6.92 Å². The molecule has 1 aliphatic heterocycles. The molecule has 0 bridgehead atoms. The van der Waals surface area contributed by atoms with Crippen molar-refractivity contribution in [3.8, 4) is 0 Å². The van der Waals surface area contributed by atoms with Crippen LogP contribution in [0.25, 0.3) is 0 Å². The summed E-state index contributed by atoms with van der Waals surface area (Å²) in [6.07, 6.45) is 2.41. The molecule has 1 aliphatic rings. The first-order valence-corrected chi connectivity index (χ1v) is 5.78. The lowest BCUT2D eigenvalue weighted by atomic mass is 10.1. The summed E-state index contributed by atoms with van der Waals surface area (Å²) >= 11 is 1.50. The molecule has 2 rings (SSSR count). The maximum Gasteiger partial charge on any atom is 0.205 e. The highest BCUT2D eigenvalue weighted by molar-refractivity contribution is 7.09. The van der Waals surface area contributed by atoms with Crippen molar-refractivity contribution in [2.24, 2.45) is 0 Å². The SMILES string of the molecule is Cc1nsc(N(C)C2CCNCC2)n1. The van der Waals surface area contributed by atoms with Gasteiger partial charge in [-0.15, -0.1) is 0 Å². The fraction of sp³-hybridized carbons (Fsp3) is 0.778. The number of nitrogens with zero attached hydrogens (tertiary/aromatic N) is 3. The second-order valence-electron chi connectivity index (χ2n) is 3.72. The number of rotatable bonds is 2. The molecular formula is C9H16N4S. The zero-order valence-corrected chi connectivity index (χ0v) is 9.47. The van der Waals surface area contributed by atoms with E-state index in [0.717, 1.165) is 24.0 Å². The van der Waals surface area contributed by atoms with Gasteiger partial charge in [0.2, 0.25) is 5.13 Å². The Kier molecular flexibility index (Phi) is 2.98. The molecule has 0 radical (unpaired) electrons. The first kappa shape index (κ1) is 9.86. The first-order chi connectivity index (χ1) is 6.77. The Labute approximate surface area is 88.5 Å². The van der Waals surface area contributed by atoms with Crippen LogP contribution in [0.15, 0.2) is 0 Å². The fourth-order valence-electron chi connectivity index (χ4n) is 1.78. The molecule has 4 nitrogen and oxygen atoms in total. The maximum absolute atomic E-state index is 4.40. The Morgan fingerprint density at radius 1 is 1.43 bits per heavy atom. The Morgan fingerprint density at radius 2 is 2.14 bits per heavy atom. The topological polar surface area (TPSA) is 41.1 Å². The van der Waals surface area contributed by atoms with E-state index in [1.807, 2.05) is 6.92 Å². The van der Waals surface area contributed by atoms with E-state index < -0.39 is 0 Å². The number of hydrogen-bond acceptors (Lipinski definition) is 5. The van der Waals surface area contributed by atoms with E-state index in [4.69, 9.17) is 0 Å². The van der Waals surface area contributed by atoms with E-state index in [1.165, 1.54) is 24.4 Å². The summed E-state index contributed by atoms with van der Waals surface area (Å²) in [6, 6.07) is 0.628. The second kappa shape index (κ2) is 4.23. The minimum absolute atomic E-state index is 0.628. The predicted molar refractivity (Wildman–Crippen MR) is 58.9 cm³/mol. The molecule has 1 fully saturated rings. The van der Waals surface area contributed by atoms with Gasteiger partial charge in [-0.1, -0.05) is 0 Å². The van der Waals surface area contributed by atoms with Crippen LogP contribution < -0.4 is 10.2 Å². The van der Waals surface area contributed by atoms with Gasteiger partial charge in [-0.25, -0.2) is 4.98 Å². The third kappa shape index (κ3) is 2.04. The summed E-state index contributed by atoms with van der Waals surface area (Å²) in [5.74, 6) is 0.880. The highest BCUT2D eigenvalue weighted by Gasteiger charge is 2.20. The van der Waals surface area contributed by atoms with Crippen LogP contribution in [0.2, 0.25) is 0 Å². The third-order valence-electron chi connectivity index (χ3n) is 2.67. The van der Waals surface area contributed by atoms with Crippen molar-refractivity contribution in [2.45, 2.75) is 25.8 Å². The van der Waals surface area contributed by atoms with Gasteiger partial charge < -0.3 is 10.2 Å². The monoisotopic (exact) mass is 212 g/mol.